The molecule has 1 aromatic carbocycles. The molecule has 2 aromatic rings. The van der Waals surface area contributed by atoms with Crippen molar-refractivity contribution in [2.45, 2.75) is 25.2 Å². The second-order valence-electron chi connectivity index (χ2n) is 4.44. The third-order valence-corrected chi connectivity index (χ3v) is 3.36. The molecule has 1 heteroatoms. The molecule has 0 radical (unpaired) electrons. The van der Waals surface area contributed by atoms with Crippen LogP contribution in [0.2, 0.25) is 0 Å². The molecular formula is C15H15N. The number of hydrogen-bond acceptors (Lipinski definition) is 1. The summed E-state index contributed by atoms with van der Waals surface area (Å²) in [6.45, 7) is 0. The van der Waals surface area contributed by atoms with Gasteiger partial charge in [0.15, 0.2) is 0 Å². The van der Waals surface area contributed by atoms with Crippen LogP contribution in [-0.4, -0.2) is 4.98 Å². The molecule has 1 nitrogen and oxygen atoms in total. The molecule has 1 aromatic heterocycles. The molecule has 0 atom stereocenters. The Balaban J connectivity index is 1.96. The van der Waals surface area contributed by atoms with Crippen LogP contribution in [0, 0.1) is 0 Å². The Morgan fingerprint density at radius 1 is 0.875 bits per heavy atom. The van der Waals surface area contributed by atoms with Crippen LogP contribution in [0.3, 0.4) is 0 Å². The van der Waals surface area contributed by atoms with Gasteiger partial charge in [-0.05, 0) is 25.0 Å². The van der Waals surface area contributed by atoms with Crippen molar-refractivity contribution in [3.05, 3.63) is 54.2 Å². The number of aromatic nitrogens is 1. The molecule has 0 saturated heterocycles. The largest absolute Gasteiger partial charge is 0.253 e. The second kappa shape index (κ2) is 4.09. The van der Waals surface area contributed by atoms with Crippen LogP contribution >= 0.6 is 0 Å². The van der Waals surface area contributed by atoms with Gasteiger partial charge in [-0.25, -0.2) is 0 Å². The van der Waals surface area contributed by atoms with E-state index in [1.807, 2.05) is 6.07 Å². The normalized spacial score (nSPS) is 15.8. The predicted octanol–water partition coefficient (Wildman–Crippen LogP) is 4.02. The van der Waals surface area contributed by atoms with E-state index in [2.05, 4.69) is 42.5 Å². The Bertz CT molecular complexity index is 472. The van der Waals surface area contributed by atoms with Crippen LogP contribution in [0.1, 0.15) is 30.9 Å². The quantitative estimate of drug-likeness (QED) is 0.728. The van der Waals surface area contributed by atoms with Gasteiger partial charge in [0.2, 0.25) is 0 Å². The molecule has 1 heterocycles. The highest BCUT2D eigenvalue weighted by Gasteiger charge is 2.20. The van der Waals surface area contributed by atoms with Crippen molar-refractivity contribution in [1.82, 2.24) is 4.98 Å². The highest BCUT2D eigenvalue weighted by atomic mass is 14.7. The maximum atomic E-state index is 4.76. The first-order valence-electron chi connectivity index (χ1n) is 5.96. The summed E-state index contributed by atoms with van der Waals surface area (Å²) in [5.41, 5.74) is 3.58. The fourth-order valence-electron chi connectivity index (χ4n) is 2.15. The first-order chi connectivity index (χ1) is 7.93. The Morgan fingerprint density at radius 2 is 1.69 bits per heavy atom. The summed E-state index contributed by atoms with van der Waals surface area (Å²) < 4.78 is 0. The minimum absolute atomic E-state index is 0.712. The molecule has 1 aliphatic rings. The minimum atomic E-state index is 0.712. The van der Waals surface area contributed by atoms with Gasteiger partial charge in [0.1, 0.15) is 0 Å². The van der Waals surface area contributed by atoms with Gasteiger partial charge in [-0.2, -0.15) is 0 Å². The lowest BCUT2D eigenvalue weighted by atomic mass is 9.82. The zero-order valence-electron chi connectivity index (χ0n) is 9.26. The lowest BCUT2D eigenvalue weighted by Gasteiger charge is -2.24. The lowest BCUT2D eigenvalue weighted by Crippen LogP contribution is -2.10. The van der Waals surface area contributed by atoms with Crippen LogP contribution in [0.5, 0.6) is 0 Å². The molecule has 16 heavy (non-hydrogen) atoms. The van der Waals surface area contributed by atoms with Gasteiger partial charge in [-0.3, -0.25) is 4.98 Å². The summed E-state index contributed by atoms with van der Waals surface area (Å²) in [4.78, 5) is 4.76. The molecule has 1 fully saturated rings. The first-order valence-corrected chi connectivity index (χ1v) is 5.96. The average molecular weight is 209 g/mol. The smallest absolute Gasteiger partial charge is 0.0705 e. The van der Waals surface area contributed by atoms with Crippen LogP contribution < -0.4 is 0 Å². The van der Waals surface area contributed by atoms with Gasteiger partial charge >= 0.3 is 0 Å². The van der Waals surface area contributed by atoms with Gasteiger partial charge in [0, 0.05) is 17.2 Å². The van der Waals surface area contributed by atoms with Crippen molar-refractivity contribution >= 4 is 0 Å². The minimum Gasteiger partial charge on any atom is -0.253 e. The second-order valence-corrected chi connectivity index (χ2v) is 4.44. The van der Waals surface area contributed by atoms with E-state index in [0.717, 1.165) is 5.69 Å². The topological polar surface area (TPSA) is 12.9 Å². The van der Waals surface area contributed by atoms with Crippen molar-refractivity contribution in [1.29, 1.82) is 0 Å². The standard InChI is InChI=1S/C15H15N/c1-2-6-12(7-3-1)14-10-5-11-15(16-14)13-8-4-9-13/h1-3,5-7,10-11,13H,4,8-9H2. The number of pyridine rings is 1. The van der Waals surface area contributed by atoms with Gasteiger partial charge in [0.25, 0.3) is 0 Å². The monoisotopic (exact) mass is 209 g/mol. The highest BCUT2D eigenvalue weighted by Crippen LogP contribution is 2.35. The molecule has 0 aliphatic heterocycles. The molecule has 0 bridgehead atoms. The van der Waals surface area contributed by atoms with E-state index in [9.17, 15) is 0 Å². The number of benzene rings is 1. The van der Waals surface area contributed by atoms with E-state index >= 15 is 0 Å². The van der Waals surface area contributed by atoms with Crippen LogP contribution in [0.4, 0.5) is 0 Å². The third-order valence-electron chi connectivity index (χ3n) is 3.36. The molecule has 1 saturated carbocycles. The van der Waals surface area contributed by atoms with Crippen molar-refractivity contribution in [3.8, 4) is 11.3 Å². The zero-order valence-corrected chi connectivity index (χ0v) is 9.26. The number of rotatable bonds is 2. The SMILES string of the molecule is c1ccc(-c2cccc(C3CCC3)n2)cc1. The van der Waals surface area contributed by atoms with Gasteiger partial charge in [0.05, 0.1) is 5.69 Å². The molecule has 3 rings (SSSR count). The van der Waals surface area contributed by atoms with Crippen molar-refractivity contribution < 1.29 is 0 Å². The molecule has 80 valence electrons. The maximum absolute atomic E-state index is 4.76. The average Bonchev–Trinajstić information content (AvgIpc) is 2.28. The summed E-state index contributed by atoms with van der Waals surface area (Å²) in [6, 6.07) is 16.8. The van der Waals surface area contributed by atoms with Gasteiger partial charge in [-0.15, -0.1) is 0 Å². The molecular weight excluding hydrogens is 194 g/mol. The van der Waals surface area contributed by atoms with Crippen LogP contribution in [0.25, 0.3) is 11.3 Å². The highest BCUT2D eigenvalue weighted by molar-refractivity contribution is 5.58. The molecule has 1 aliphatic carbocycles. The van der Waals surface area contributed by atoms with E-state index in [0.29, 0.717) is 5.92 Å². The Hall–Kier alpha value is -1.63. The molecule has 0 spiro atoms. The van der Waals surface area contributed by atoms with Crippen LogP contribution in [-0.2, 0) is 0 Å². The predicted molar refractivity (Wildman–Crippen MR) is 66.3 cm³/mol. The van der Waals surface area contributed by atoms with Crippen molar-refractivity contribution in [2.24, 2.45) is 0 Å². The van der Waals surface area contributed by atoms with E-state index in [4.69, 9.17) is 4.98 Å². The van der Waals surface area contributed by atoms with Crippen molar-refractivity contribution in [2.75, 3.05) is 0 Å². The summed E-state index contributed by atoms with van der Waals surface area (Å²) >= 11 is 0. The van der Waals surface area contributed by atoms with E-state index < -0.39 is 0 Å². The summed E-state index contributed by atoms with van der Waals surface area (Å²) in [7, 11) is 0. The summed E-state index contributed by atoms with van der Waals surface area (Å²) in [5.74, 6) is 0.712. The fraction of sp³-hybridized carbons (Fsp3) is 0.267. The lowest BCUT2D eigenvalue weighted by molar-refractivity contribution is 0.411. The third kappa shape index (κ3) is 1.73. The molecule has 0 N–H and O–H groups in total. The first kappa shape index (κ1) is 9.59. The summed E-state index contributed by atoms with van der Waals surface area (Å²) in [5, 5.41) is 0. The van der Waals surface area contributed by atoms with Crippen LogP contribution in [0.15, 0.2) is 48.5 Å². The summed E-state index contributed by atoms with van der Waals surface area (Å²) in [6.07, 6.45) is 3.98. The Labute approximate surface area is 96.2 Å². The van der Waals surface area contributed by atoms with Gasteiger partial charge < -0.3 is 0 Å². The molecule has 0 amide bonds. The van der Waals surface area contributed by atoms with E-state index in [1.165, 1.54) is 30.5 Å². The van der Waals surface area contributed by atoms with Gasteiger partial charge in [-0.1, -0.05) is 42.8 Å². The molecule has 0 unspecified atom stereocenters. The maximum Gasteiger partial charge on any atom is 0.0705 e. The number of hydrogen-bond donors (Lipinski definition) is 0. The zero-order chi connectivity index (χ0) is 10.8. The van der Waals surface area contributed by atoms with Crippen molar-refractivity contribution in [3.63, 3.8) is 0 Å². The number of nitrogens with zero attached hydrogens (tertiary/aromatic N) is 1. The Kier molecular flexibility index (Phi) is 2.45. The van der Waals surface area contributed by atoms with E-state index in [-0.39, 0.29) is 0 Å². The fourth-order valence-corrected chi connectivity index (χ4v) is 2.15. The van der Waals surface area contributed by atoms with E-state index in [1.54, 1.807) is 0 Å². The Morgan fingerprint density at radius 3 is 2.38 bits per heavy atom.